The number of Topliss-reactive ketones (excluding diaryl/α,β-unsaturated/α-hetero) is 1. The molecule has 0 radical (unpaired) electrons. The van der Waals surface area contributed by atoms with Crippen LogP contribution in [0.1, 0.15) is 58.8 Å². The molecule has 4 aliphatic carbocycles. The Bertz CT molecular complexity index is 623. The topological polar surface area (TPSA) is 74.6 Å². The van der Waals surface area contributed by atoms with Crippen LogP contribution >= 0.6 is 0 Å². The highest BCUT2D eigenvalue weighted by atomic mass is 16.4. The van der Waals surface area contributed by atoms with E-state index in [-0.39, 0.29) is 5.41 Å². The van der Waals surface area contributed by atoms with Crippen molar-refractivity contribution in [2.75, 3.05) is 0 Å². The maximum Gasteiger partial charge on any atom is 0.314 e. The van der Waals surface area contributed by atoms with Gasteiger partial charge in [-0.25, -0.2) is 0 Å². The summed E-state index contributed by atoms with van der Waals surface area (Å²) >= 11 is 0. The van der Waals surface area contributed by atoms with Crippen molar-refractivity contribution in [1.29, 1.82) is 0 Å². The first-order valence-electron chi connectivity index (χ1n) is 9.43. The van der Waals surface area contributed by atoms with Crippen LogP contribution in [0.15, 0.2) is 11.6 Å². The number of fused-ring (bicyclic) bond motifs is 5. The van der Waals surface area contributed by atoms with E-state index in [0.29, 0.717) is 29.6 Å². The third kappa shape index (κ3) is 2.01. The molecular weight excluding hydrogens is 304 g/mol. The number of aliphatic carboxylic acids is 1. The fourth-order valence-electron chi connectivity index (χ4n) is 6.88. The third-order valence-electron chi connectivity index (χ3n) is 8.14. The number of carbonyl (C=O) groups is 2. The van der Waals surface area contributed by atoms with Crippen molar-refractivity contribution in [3.63, 3.8) is 0 Å². The molecule has 4 rings (SSSR count). The summed E-state index contributed by atoms with van der Waals surface area (Å²) in [5, 5.41) is 20.0. The fraction of sp³-hybridized carbons (Fsp3) is 0.800. The average molecular weight is 332 g/mol. The van der Waals surface area contributed by atoms with Gasteiger partial charge in [-0.1, -0.05) is 26.3 Å². The molecule has 4 aliphatic rings. The van der Waals surface area contributed by atoms with Crippen molar-refractivity contribution >= 4 is 11.8 Å². The highest BCUT2D eigenvalue weighted by molar-refractivity contribution is 6.03. The number of aliphatic hydroxyl groups is 1. The maximum atomic E-state index is 12.3. The number of hydrogen-bond acceptors (Lipinski definition) is 3. The summed E-state index contributed by atoms with van der Waals surface area (Å²) in [6, 6.07) is 0. The molecule has 0 amide bonds. The average Bonchev–Trinajstić information content (AvgIpc) is 2.92. The lowest BCUT2D eigenvalue weighted by Gasteiger charge is -2.57. The van der Waals surface area contributed by atoms with E-state index in [1.54, 1.807) is 0 Å². The summed E-state index contributed by atoms with van der Waals surface area (Å²) in [7, 11) is 0. The first-order valence-corrected chi connectivity index (χ1v) is 9.43. The van der Waals surface area contributed by atoms with Crippen LogP contribution in [0.25, 0.3) is 0 Å². The Morgan fingerprint density at radius 2 is 1.96 bits per heavy atom. The van der Waals surface area contributed by atoms with E-state index < -0.39 is 23.8 Å². The molecule has 0 aromatic carbocycles. The van der Waals surface area contributed by atoms with Crippen LogP contribution < -0.4 is 0 Å². The smallest absolute Gasteiger partial charge is 0.314 e. The van der Waals surface area contributed by atoms with Crippen LogP contribution in [0.3, 0.4) is 0 Å². The molecule has 7 atom stereocenters. The van der Waals surface area contributed by atoms with Crippen LogP contribution in [-0.2, 0) is 9.59 Å². The summed E-state index contributed by atoms with van der Waals surface area (Å²) in [5.74, 6) is -0.969. The minimum absolute atomic E-state index is 0.344. The van der Waals surface area contributed by atoms with Crippen molar-refractivity contribution < 1.29 is 19.8 Å². The van der Waals surface area contributed by atoms with Gasteiger partial charge in [0.15, 0.2) is 5.78 Å². The summed E-state index contributed by atoms with van der Waals surface area (Å²) in [4.78, 5) is 23.9. The molecule has 2 N–H and O–H groups in total. The number of rotatable bonds is 1. The SMILES string of the molecule is C[C@@]12CCC[C@H]1[C@@H]1CC=C3C(O)C(=O)C(C(=O)O)C[C@]3(C)[C@@H]1CC2. The van der Waals surface area contributed by atoms with Crippen molar-refractivity contribution in [3.05, 3.63) is 11.6 Å². The molecule has 24 heavy (non-hydrogen) atoms. The zero-order valence-corrected chi connectivity index (χ0v) is 14.6. The lowest BCUT2D eigenvalue weighted by atomic mass is 9.47. The second-order valence-corrected chi connectivity index (χ2v) is 9.17. The number of aliphatic hydroxyl groups excluding tert-OH is 1. The minimum atomic E-state index is -1.22. The molecular formula is C20H28O4. The molecule has 0 aliphatic heterocycles. The van der Waals surface area contributed by atoms with Crippen LogP contribution in [-0.4, -0.2) is 28.1 Å². The summed E-state index contributed by atoms with van der Waals surface area (Å²) in [5.41, 5.74) is 0.911. The van der Waals surface area contributed by atoms with Crippen LogP contribution in [0, 0.1) is 34.5 Å². The first-order chi connectivity index (χ1) is 11.3. The molecule has 4 heteroatoms. The Kier molecular flexibility index (Phi) is 3.51. The Hall–Kier alpha value is -1.16. The van der Waals surface area contributed by atoms with Gasteiger partial charge in [-0.2, -0.15) is 0 Å². The molecule has 3 fully saturated rings. The number of carbonyl (C=O) groups excluding carboxylic acids is 1. The number of carboxylic acids is 1. The molecule has 0 heterocycles. The number of carboxylic acid groups (broad SMARTS) is 1. The largest absolute Gasteiger partial charge is 0.481 e. The maximum absolute atomic E-state index is 12.3. The number of allylic oxidation sites excluding steroid dienone is 1. The molecule has 0 aromatic heterocycles. The van der Waals surface area contributed by atoms with E-state index in [9.17, 15) is 19.8 Å². The van der Waals surface area contributed by atoms with E-state index in [2.05, 4.69) is 19.9 Å². The molecule has 0 saturated heterocycles. The Balaban J connectivity index is 1.73. The van der Waals surface area contributed by atoms with Crippen LogP contribution in [0.5, 0.6) is 0 Å². The summed E-state index contributed by atoms with van der Waals surface area (Å²) in [6.07, 6.45) is 8.35. The predicted octanol–water partition coefficient (Wildman–Crippen LogP) is 3.19. The van der Waals surface area contributed by atoms with Crippen molar-refractivity contribution in [2.45, 2.75) is 64.9 Å². The quantitative estimate of drug-likeness (QED) is 0.571. The fourth-order valence-corrected chi connectivity index (χ4v) is 6.88. The lowest BCUT2D eigenvalue weighted by molar-refractivity contribution is -0.155. The van der Waals surface area contributed by atoms with Gasteiger partial charge >= 0.3 is 5.97 Å². The van der Waals surface area contributed by atoms with Gasteiger partial charge in [-0.05, 0) is 72.7 Å². The van der Waals surface area contributed by atoms with Crippen LogP contribution in [0.4, 0.5) is 0 Å². The van der Waals surface area contributed by atoms with E-state index in [0.717, 1.165) is 18.4 Å². The van der Waals surface area contributed by atoms with E-state index in [4.69, 9.17) is 0 Å². The van der Waals surface area contributed by atoms with Gasteiger partial charge in [-0.15, -0.1) is 0 Å². The van der Waals surface area contributed by atoms with E-state index in [1.165, 1.54) is 25.7 Å². The second-order valence-electron chi connectivity index (χ2n) is 9.17. The minimum Gasteiger partial charge on any atom is -0.481 e. The molecule has 0 aromatic rings. The Morgan fingerprint density at radius 3 is 2.67 bits per heavy atom. The van der Waals surface area contributed by atoms with Gasteiger partial charge in [0.05, 0.1) is 0 Å². The summed E-state index contributed by atoms with van der Waals surface area (Å²) in [6.45, 7) is 4.54. The van der Waals surface area contributed by atoms with E-state index in [1.807, 2.05) is 0 Å². The lowest BCUT2D eigenvalue weighted by Crippen LogP contribution is -2.55. The van der Waals surface area contributed by atoms with Gasteiger partial charge in [-0.3, -0.25) is 9.59 Å². The molecule has 4 nitrogen and oxygen atoms in total. The predicted molar refractivity (Wildman–Crippen MR) is 89.2 cm³/mol. The molecule has 2 unspecified atom stereocenters. The van der Waals surface area contributed by atoms with Gasteiger partial charge in [0, 0.05) is 0 Å². The van der Waals surface area contributed by atoms with E-state index >= 15 is 0 Å². The first kappa shape index (κ1) is 16.3. The second kappa shape index (κ2) is 5.17. The monoisotopic (exact) mass is 332 g/mol. The zero-order valence-electron chi connectivity index (χ0n) is 14.6. The highest BCUT2D eigenvalue weighted by Gasteiger charge is 2.59. The third-order valence-corrected chi connectivity index (χ3v) is 8.14. The Morgan fingerprint density at radius 1 is 1.21 bits per heavy atom. The molecule has 3 saturated carbocycles. The summed E-state index contributed by atoms with van der Waals surface area (Å²) < 4.78 is 0. The van der Waals surface area contributed by atoms with Crippen molar-refractivity contribution in [2.24, 2.45) is 34.5 Å². The van der Waals surface area contributed by atoms with Gasteiger partial charge < -0.3 is 10.2 Å². The molecule has 0 spiro atoms. The number of ketones is 1. The molecule has 0 bridgehead atoms. The standard InChI is InChI=1S/C20H28O4/c1-19-8-3-4-13(19)11-5-6-15-17(22)16(21)12(18(23)24)10-20(15,2)14(11)7-9-19/h6,11-14,17,22H,3-5,7-10H2,1-2H3,(H,23,24)/t11-,12?,13-,14+,17?,19-,20+/m0/s1. The molecule has 132 valence electrons. The van der Waals surface area contributed by atoms with Crippen molar-refractivity contribution in [1.82, 2.24) is 0 Å². The number of hydrogen-bond donors (Lipinski definition) is 2. The van der Waals surface area contributed by atoms with Gasteiger partial charge in [0.1, 0.15) is 12.0 Å². The van der Waals surface area contributed by atoms with Crippen LogP contribution in [0.2, 0.25) is 0 Å². The normalized spacial score (nSPS) is 50.5. The van der Waals surface area contributed by atoms with Gasteiger partial charge in [0.25, 0.3) is 0 Å². The van der Waals surface area contributed by atoms with Gasteiger partial charge in [0.2, 0.25) is 0 Å². The highest BCUT2D eigenvalue weighted by Crippen LogP contribution is 2.64. The van der Waals surface area contributed by atoms with Crippen molar-refractivity contribution in [3.8, 4) is 0 Å². The zero-order chi connectivity index (χ0) is 17.3. The Labute approximate surface area is 143 Å².